The second kappa shape index (κ2) is 12.5. The van der Waals surface area contributed by atoms with Crippen LogP contribution in [0.3, 0.4) is 0 Å². The smallest absolute Gasteiger partial charge is 0.412 e. The largest absolute Gasteiger partial charge is 0.444 e. The van der Waals surface area contributed by atoms with Gasteiger partial charge in [-0.15, -0.1) is 0 Å². The Kier molecular flexibility index (Phi) is 13.0. The van der Waals surface area contributed by atoms with Gasteiger partial charge in [-0.25, -0.2) is 4.79 Å². The van der Waals surface area contributed by atoms with Gasteiger partial charge in [-0.05, 0) is 44.3 Å². The molecule has 0 aliphatic rings. The molecule has 1 amide bonds. The predicted octanol–water partition coefficient (Wildman–Crippen LogP) is 5.85. The number of nitrogens with one attached hydrogen (secondary N) is 1. The van der Waals surface area contributed by atoms with Crippen LogP contribution in [0, 0.1) is 0 Å². The topological polar surface area (TPSA) is 38.3 Å². The Morgan fingerprint density at radius 1 is 1.24 bits per heavy atom. The van der Waals surface area contributed by atoms with Crippen molar-refractivity contribution in [3.8, 4) is 0 Å². The van der Waals surface area contributed by atoms with Crippen LogP contribution in [0.5, 0.6) is 0 Å². The zero-order valence-corrected chi connectivity index (χ0v) is 15.6. The van der Waals surface area contributed by atoms with Gasteiger partial charge in [0.15, 0.2) is 0 Å². The maximum atomic E-state index is 11.6. The number of alkyl carbamates (subject to hydrolysis) is 1. The first-order valence-electron chi connectivity index (χ1n) is 6.97. The van der Waals surface area contributed by atoms with Gasteiger partial charge in [0.25, 0.3) is 0 Å². The SMILES string of the molecule is C=C(C)/C(=C/C=C/C=C/Br)NC(=O)OC(C)(C)C.CCC. The van der Waals surface area contributed by atoms with Gasteiger partial charge in [-0.3, -0.25) is 5.32 Å². The molecule has 0 rings (SSSR count). The Bertz CT molecular complexity index is 402. The number of halogens is 1. The van der Waals surface area contributed by atoms with Crippen molar-refractivity contribution in [3.63, 3.8) is 0 Å². The fourth-order valence-corrected chi connectivity index (χ4v) is 1.14. The van der Waals surface area contributed by atoms with Crippen molar-refractivity contribution >= 4 is 22.0 Å². The number of carbonyl (C=O) groups excluding carboxylic acids is 1. The van der Waals surface area contributed by atoms with E-state index in [0.29, 0.717) is 5.70 Å². The van der Waals surface area contributed by atoms with E-state index in [1.54, 1.807) is 17.1 Å². The third kappa shape index (κ3) is 16.7. The molecule has 0 spiro atoms. The summed E-state index contributed by atoms with van der Waals surface area (Å²) in [5, 5.41) is 2.66. The van der Waals surface area contributed by atoms with Gasteiger partial charge in [0, 0.05) is 5.70 Å². The first-order valence-corrected chi connectivity index (χ1v) is 7.89. The summed E-state index contributed by atoms with van der Waals surface area (Å²) in [6, 6.07) is 0. The van der Waals surface area contributed by atoms with Gasteiger partial charge < -0.3 is 4.74 Å². The predicted molar refractivity (Wildman–Crippen MR) is 95.4 cm³/mol. The summed E-state index contributed by atoms with van der Waals surface area (Å²) in [5.41, 5.74) is 0.871. The molecule has 0 aliphatic carbocycles. The molecule has 0 aromatic rings. The van der Waals surface area contributed by atoms with E-state index in [2.05, 4.69) is 41.7 Å². The van der Waals surface area contributed by atoms with E-state index in [1.165, 1.54) is 6.42 Å². The molecule has 0 saturated heterocycles. The maximum Gasteiger partial charge on any atom is 0.412 e. The van der Waals surface area contributed by atoms with E-state index in [9.17, 15) is 4.79 Å². The second-order valence-electron chi connectivity index (χ2n) is 5.40. The number of ether oxygens (including phenoxy) is 1. The third-order valence-electron chi connectivity index (χ3n) is 1.65. The quantitative estimate of drug-likeness (QED) is 0.640. The van der Waals surface area contributed by atoms with E-state index in [1.807, 2.05) is 39.8 Å². The molecule has 3 nitrogen and oxygen atoms in total. The molecule has 1 N–H and O–H groups in total. The molecule has 0 fully saturated rings. The minimum atomic E-state index is -0.515. The van der Waals surface area contributed by atoms with E-state index in [4.69, 9.17) is 4.74 Å². The molecule has 0 atom stereocenters. The zero-order chi connectivity index (χ0) is 16.9. The summed E-state index contributed by atoms with van der Waals surface area (Å²) in [5.74, 6) is 0. The average molecular weight is 358 g/mol. The summed E-state index contributed by atoms with van der Waals surface area (Å²) in [6.45, 7) is 15.3. The van der Waals surface area contributed by atoms with Gasteiger partial charge in [-0.2, -0.15) is 0 Å². The Labute approximate surface area is 138 Å². The molecule has 4 heteroatoms. The van der Waals surface area contributed by atoms with Crippen LogP contribution in [-0.4, -0.2) is 11.7 Å². The van der Waals surface area contributed by atoms with Crippen LogP contribution in [0.15, 0.2) is 47.1 Å². The summed E-state index contributed by atoms with van der Waals surface area (Å²) in [4.78, 5) is 13.3. The van der Waals surface area contributed by atoms with Crippen LogP contribution in [0.1, 0.15) is 48.0 Å². The molecular weight excluding hydrogens is 330 g/mol. The normalized spacial score (nSPS) is 12.0. The van der Waals surface area contributed by atoms with E-state index in [-0.39, 0.29) is 0 Å². The van der Waals surface area contributed by atoms with Crippen molar-refractivity contribution in [1.29, 1.82) is 0 Å². The lowest BCUT2D eigenvalue weighted by Gasteiger charge is -2.20. The van der Waals surface area contributed by atoms with Crippen molar-refractivity contribution in [2.75, 3.05) is 0 Å². The molecular formula is C17H28BrNO2. The second-order valence-corrected chi connectivity index (χ2v) is 5.93. The highest BCUT2D eigenvalue weighted by Crippen LogP contribution is 2.09. The molecule has 0 unspecified atom stereocenters. The van der Waals surface area contributed by atoms with E-state index in [0.717, 1.165) is 5.57 Å². The van der Waals surface area contributed by atoms with Crippen LogP contribution in [-0.2, 0) is 4.74 Å². The Hall–Kier alpha value is -1.29. The number of rotatable bonds is 4. The van der Waals surface area contributed by atoms with Gasteiger partial charge in [-0.1, -0.05) is 61.0 Å². The van der Waals surface area contributed by atoms with E-state index < -0.39 is 11.7 Å². The minimum absolute atomic E-state index is 0.485. The van der Waals surface area contributed by atoms with E-state index >= 15 is 0 Å². The summed E-state index contributed by atoms with van der Waals surface area (Å²) in [6.07, 6.45) is 7.98. The molecule has 0 aromatic carbocycles. The lowest BCUT2D eigenvalue weighted by molar-refractivity contribution is 0.0547. The maximum absolute atomic E-state index is 11.6. The Morgan fingerprint density at radius 2 is 1.76 bits per heavy atom. The zero-order valence-electron chi connectivity index (χ0n) is 14.0. The molecule has 0 aliphatic heterocycles. The Balaban J connectivity index is 0. The standard InChI is InChI=1S/C14H20BrNO2.C3H8/c1-11(2)12(9-7-6-8-10-15)16-13(17)18-14(3,4)5;1-3-2/h6-10H,1H2,2-5H3,(H,16,17);3H2,1-2H3/b7-6+,10-8+,12-9-;. The average Bonchev–Trinajstić information content (AvgIpc) is 2.31. The van der Waals surface area contributed by atoms with Crippen molar-refractivity contribution in [1.82, 2.24) is 5.32 Å². The molecule has 0 aromatic heterocycles. The van der Waals surface area contributed by atoms with Gasteiger partial charge in [0.2, 0.25) is 0 Å². The van der Waals surface area contributed by atoms with Crippen molar-refractivity contribution < 1.29 is 9.53 Å². The number of carbonyl (C=O) groups is 1. The first-order chi connectivity index (χ1) is 9.67. The van der Waals surface area contributed by atoms with Crippen LogP contribution >= 0.6 is 15.9 Å². The molecule has 0 saturated carbocycles. The van der Waals surface area contributed by atoms with Crippen molar-refractivity contribution in [2.45, 2.75) is 53.6 Å². The highest BCUT2D eigenvalue weighted by molar-refractivity contribution is 9.11. The number of hydrogen-bond acceptors (Lipinski definition) is 2. The van der Waals surface area contributed by atoms with Gasteiger partial charge in [0.1, 0.15) is 5.60 Å². The third-order valence-corrected chi connectivity index (χ3v) is 1.96. The fourth-order valence-electron chi connectivity index (χ4n) is 0.962. The summed E-state index contributed by atoms with van der Waals surface area (Å²) < 4.78 is 5.17. The van der Waals surface area contributed by atoms with Crippen molar-refractivity contribution in [2.24, 2.45) is 0 Å². The molecule has 0 heterocycles. The van der Waals surface area contributed by atoms with Gasteiger partial charge in [0.05, 0.1) is 0 Å². The van der Waals surface area contributed by atoms with Gasteiger partial charge >= 0.3 is 6.09 Å². The first kappa shape index (κ1) is 22.0. The Morgan fingerprint density at radius 3 is 2.14 bits per heavy atom. The highest BCUT2D eigenvalue weighted by Gasteiger charge is 2.16. The summed E-state index contributed by atoms with van der Waals surface area (Å²) >= 11 is 3.16. The number of amides is 1. The number of allylic oxidation sites excluding steroid dienone is 5. The fraction of sp³-hybridized carbons (Fsp3) is 0.471. The lowest BCUT2D eigenvalue weighted by Crippen LogP contribution is -2.32. The highest BCUT2D eigenvalue weighted by atomic mass is 79.9. The minimum Gasteiger partial charge on any atom is -0.444 e. The summed E-state index contributed by atoms with van der Waals surface area (Å²) in [7, 11) is 0. The molecule has 120 valence electrons. The monoisotopic (exact) mass is 357 g/mol. The van der Waals surface area contributed by atoms with Crippen LogP contribution in [0.25, 0.3) is 0 Å². The van der Waals surface area contributed by atoms with Crippen LogP contribution in [0.4, 0.5) is 4.79 Å². The molecule has 0 radical (unpaired) electrons. The molecule has 21 heavy (non-hydrogen) atoms. The lowest BCUT2D eigenvalue weighted by atomic mass is 10.2. The molecule has 0 bridgehead atoms. The van der Waals surface area contributed by atoms with Crippen molar-refractivity contribution in [3.05, 3.63) is 47.1 Å². The van der Waals surface area contributed by atoms with Crippen LogP contribution in [0.2, 0.25) is 0 Å². The van der Waals surface area contributed by atoms with Crippen LogP contribution < -0.4 is 5.32 Å². The number of hydrogen-bond donors (Lipinski definition) is 1.